The molecule has 0 saturated heterocycles. The molecule has 0 amide bonds. The van der Waals surface area contributed by atoms with Crippen molar-refractivity contribution < 1.29 is 19.2 Å². The van der Waals surface area contributed by atoms with Crippen LogP contribution in [0.4, 0.5) is 0 Å². The van der Waals surface area contributed by atoms with Crippen LogP contribution in [0.3, 0.4) is 0 Å². The number of oxime groups is 2. The minimum absolute atomic E-state index is 0.0558. The first-order chi connectivity index (χ1) is 14.8. The number of methoxy groups -OCH3 is 1. The molecule has 0 saturated carbocycles. The minimum Gasteiger partial charge on any atom is -0.464 e. The number of hydrogen-bond acceptors (Lipinski definition) is 6. The second-order valence-electron chi connectivity index (χ2n) is 7.28. The molecule has 0 aliphatic carbocycles. The average molecular weight is 465 g/mol. The molecule has 6 nitrogen and oxygen atoms in total. The fraction of sp³-hybridized carbons (Fsp3) is 0.348. The van der Waals surface area contributed by atoms with Gasteiger partial charge in [0.1, 0.15) is 13.7 Å². The molecular formula is C23H26Cl2N2O4. The van der Waals surface area contributed by atoms with E-state index in [0.717, 1.165) is 22.4 Å². The van der Waals surface area contributed by atoms with Crippen LogP contribution in [0, 0.1) is 12.8 Å². The molecule has 8 heteroatoms. The Morgan fingerprint density at radius 2 is 1.74 bits per heavy atom. The molecule has 166 valence electrons. The smallest absolute Gasteiger partial charge is 0.360 e. The van der Waals surface area contributed by atoms with Gasteiger partial charge in [-0.1, -0.05) is 65.6 Å². The molecule has 0 aliphatic rings. The highest BCUT2D eigenvalue weighted by atomic mass is 35.5. The van der Waals surface area contributed by atoms with Crippen molar-refractivity contribution in [2.45, 2.75) is 33.8 Å². The van der Waals surface area contributed by atoms with Crippen LogP contribution in [0.5, 0.6) is 0 Å². The van der Waals surface area contributed by atoms with E-state index in [2.05, 4.69) is 24.2 Å². The van der Waals surface area contributed by atoms with E-state index in [1.54, 1.807) is 24.3 Å². The highest BCUT2D eigenvalue weighted by Gasteiger charge is 2.21. The van der Waals surface area contributed by atoms with Gasteiger partial charge in [-0.2, -0.15) is 0 Å². The number of hydrogen-bond donors (Lipinski definition) is 0. The van der Waals surface area contributed by atoms with Crippen molar-refractivity contribution in [2.24, 2.45) is 16.2 Å². The van der Waals surface area contributed by atoms with Crippen LogP contribution < -0.4 is 0 Å². The van der Waals surface area contributed by atoms with Crippen LogP contribution in [0.1, 0.15) is 42.5 Å². The predicted molar refractivity (Wildman–Crippen MR) is 124 cm³/mol. The Kier molecular flexibility index (Phi) is 9.34. The fourth-order valence-electron chi connectivity index (χ4n) is 2.99. The number of aryl methyl sites for hydroxylation is 1. The summed E-state index contributed by atoms with van der Waals surface area (Å²) in [6, 6.07) is 10.8. The SMILES string of the molecule is CO/N=C(/C(=O)OC)c1cccc(C)c1CO/N=C(\CC(C)C)c1cc(Cl)cc(Cl)c1. The van der Waals surface area contributed by atoms with Gasteiger partial charge in [0.15, 0.2) is 5.71 Å². The van der Waals surface area contributed by atoms with E-state index in [1.165, 1.54) is 14.2 Å². The van der Waals surface area contributed by atoms with E-state index < -0.39 is 5.97 Å². The number of halogens is 2. The van der Waals surface area contributed by atoms with Gasteiger partial charge in [-0.3, -0.25) is 0 Å². The molecule has 0 unspecified atom stereocenters. The number of carbonyl (C=O) groups excluding carboxylic acids is 1. The van der Waals surface area contributed by atoms with Gasteiger partial charge in [-0.15, -0.1) is 0 Å². The maximum Gasteiger partial charge on any atom is 0.360 e. The van der Waals surface area contributed by atoms with E-state index >= 15 is 0 Å². The third-order valence-corrected chi connectivity index (χ3v) is 4.84. The van der Waals surface area contributed by atoms with Crippen LogP contribution in [0.15, 0.2) is 46.7 Å². The maximum atomic E-state index is 12.2. The quantitative estimate of drug-likeness (QED) is 0.267. The maximum absolute atomic E-state index is 12.2. The van der Waals surface area contributed by atoms with Crippen molar-refractivity contribution in [1.82, 2.24) is 0 Å². The molecule has 2 aromatic carbocycles. The van der Waals surface area contributed by atoms with Crippen molar-refractivity contribution in [3.05, 3.63) is 68.7 Å². The van der Waals surface area contributed by atoms with Crippen LogP contribution in [0.2, 0.25) is 10.0 Å². The highest BCUT2D eigenvalue weighted by Crippen LogP contribution is 2.23. The second-order valence-corrected chi connectivity index (χ2v) is 8.16. The first-order valence-corrected chi connectivity index (χ1v) is 10.5. The van der Waals surface area contributed by atoms with Crippen molar-refractivity contribution in [3.8, 4) is 0 Å². The Morgan fingerprint density at radius 3 is 2.32 bits per heavy atom. The summed E-state index contributed by atoms with van der Waals surface area (Å²) in [5, 5.41) is 9.27. The zero-order chi connectivity index (χ0) is 23.0. The number of nitrogens with zero attached hydrogens (tertiary/aromatic N) is 2. The van der Waals surface area contributed by atoms with Gasteiger partial charge >= 0.3 is 5.97 Å². The molecule has 0 fully saturated rings. The van der Waals surface area contributed by atoms with Crippen LogP contribution >= 0.6 is 23.2 Å². The molecule has 0 heterocycles. The molecule has 0 bridgehead atoms. The largest absolute Gasteiger partial charge is 0.464 e. The lowest BCUT2D eigenvalue weighted by molar-refractivity contribution is -0.132. The fourth-order valence-corrected chi connectivity index (χ4v) is 3.52. The molecule has 0 spiro atoms. The second kappa shape index (κ2) is 11.7. The van der Waals surface area contributed by atoms with Crippen molar-refractivity contribution >= 4 is 40.6 Å². The molecule has 2 rings (SSSR count). The predicted octanol–water partition coefficient (Wildman–Crippen LogP) is 5.79. The van der Waals surface area contributed by atoms with Gasteiger partial charge in [0.05, 0.1) is 12.8 Å². The summed E-state index contributed by atoms with van der Waals surface area (Å²) in [6.07, 6.45) is 0.676. The van der Waals surface area contributed by atoms with E-state index in [9.17, 15) is 4.79 Å². The van der Waals surface area contributed by atoms with Crippen LogP contribution in [-0.2, 0) is 25.8 Å². The van der Waals surface area contributed by atoms with E-state index in [1.807, 2.05) is 19.1 Å². The van der Waals surface area contributed by atoms with Crippen molar-refractivity contribution in [1.29, 1.82) is 0 Å². The van der Waals surface area contributed by atoms with Crippen molar-refractivity contribution in [2.75, 3.05) is 14.2 Å². The molecule has 31 heavy (non-hydrogen) atoms. The molecule has 0 aliphatic heterocycles. The molecule has 0 atom stereocenters. The first kappa shape index (κ1) is 24.7. The highest BCUT2D eigenvalue weighted by molar-refractivity contribution is 6.43. The lowest BCUT2D eigenvalue weighted by Crippen LogP contribution is -2.20. The number of ether oxygens (including phenoxy) is 1. The monoisotopic (exact) mass is 464 g/mol. The summed E-state index contributed by atoms with van der Waals surface area (Å²) in [5.74, 6) is -0.264. The molecule has 0 aromatic heterocycles. The third-order valence-electron chi connectivity index (χ3n) is 4.41. The summed E-state index contributed by atoms with van der Waals surface area (Å²) >= 11 is 12.3. The first-order valence-electron chi connectivity index (χ1n) is 9.70. The van der Waals surface area contributed by atoms with Gasteiger partial charge in [-0.25, -0.2) is 4.79 Å². The third kappa shape index (κ3) is 6.97. The van der Waals surface area contributed by atoms with Crippen LogP contribution in [0.25, 0.3) is 0 Å². The number of esters is 1. The lowest BCUT2D eigenvalue weighted by Gasteiger charge is -2.14. The summed E-state index contributed by atoms with van der Waals surface area (Å²) in [7, 11) is 2.66. The van der Waals surface area contributed by atoms with Gasteiger partial charge in [0, 0.05) is 26.7 Å². The van der Waals surface area contributed by atoms with Gasteiger partial charge < -0.3 is 14.4 Å². The van der Waals surface area contributed by atoms with Gasteiger partial charge in [-0.05, 0) is 43.0 Å². The Balaban J connectivity index is 2.38. The minimum atomic E-state index is -0.605. The number of carbonyl (C=O) groups is 1. The Bertz CT molecular complexity index is 967. The summed E-state index contributed by atoms with van der Waals surface area (Å²) in [5.41, 5.74) is 3.80. The standard InChI is InChI=1S/C23H26Cl2N2O4/c1-14(2)9-21(16-10-17(24)12-18(25)11-16)26-31-13-20-15(3)7-6-8-19(20)22(27-30-5)23(28)29-4/h6-8,10-12,14H,9,13H2,1-5H3/b26-21+,27-22+. The van der Waals surface area contributed by atoms with Gasteiger partial charge in [0.25, 0.3) is 0 Å². The molecule has 0 radical (unpaired) electrons. The molecule has 2 aromatic rings. The summed E-state index contributed by atoms with van der Waals surface area (Å²) < 4.78 is 4.84. The zero-order valence-electron chi connectivity index (χ0n) is 18.2. The topological polar surface area (TPSA) is 69.5 Å². The Labute approximate surface area is 192 Å². The normalized spacial score (nSPS) is 12.1. The molecular weight excluding hydrogens is 439 g/mol. The number of benzene rings is 2. The Hall–Kier alpha value is -2.57. The van der Waals surface area contributed by atoms with E-state index in [-0.39, 0.29) is 12.3 Å². The van der Waals surface area contributed by atoms with Gasteiger partial charge in [0.2, 0.25) is 0 Å². The number of rotatable bonds is 9. The molecule has 0 N–H and O–H groups in total. The summed E-state index contributed by atoms with van der Waals surface area (Å²) in [4.78, 5) is 22.8. The van der Waals surface area contributed by atoms with E-state index in [4.69, 9.17) is 37.6 Å². The average Bonchev–Trinajstić information content (AvgIpc) is 2.71. The lowest BCUT2D eigenvalue weighted by atomic mass is 9.99. The zero-order valence-corrected chi connectivity index (χ0v) is 19.8. The van der Waals surface area contributed by atoms with Crippen molar-refractivity contribution in [3.63, 3.8) is 0 Å². The summed E-state index contributed by atoms with van der Waals surface area (Å²) in [6.45, 7) is 6.22. The van der Waals surface area contributed by atoms with E-state index in [0.29, 0.717) is 27.9 Å². The Morgan fingerprint density at radius 1 is 1.06 bits per heavy atom. The van der Waals surface area contributed by atoms with Crippen LogP contribution in [-0.4, -0.2) is 31.6 Å².